The number of esters is 1. The summed E-state index contributed by atoms with van der Waals surface area (Å²) in [6.07, 6.45) is 8.53. The van der Waals surface area contributed by atoms with E-state index >= 15 is 0 Å². The van der Waals surface area contributed by atoms with Crippen molar-refractivity contribution in [1.82, 2.24) is 5.32 Å². The summed E-state index contributed by atoms with van der Waals surface area (Å²) in [6.45, 7) is 3.84. The van der Waals surface area contributed by atoms with Crippen LogP contribution < -0.4 is 5.32 Å². The van der Waals surface area contributed by atoms with E-state index in [9.17, 15) is 29.4 Å². The van der Waals surface area contributed by atoms with Crippen molar-refractivity contribution in [2.24, 2.45) is 0 Å². The number of halogens is 1. The number of hydrogen-bond acceptors (Lipinski definition) is 10. The van der Waals surface area contributed by atoms with Crippen LogP contribution in [0.1, 0.15) is 94.0 Å². The number of hydrogen-bond donors (Lipinski definition) is 3. The number of rotatable bonds is 14. The quantitative estimate of drug-likeness (QED) is 0.0752. The maximum Gasteiger partial charge on any atom is 0.329 e. The maximum atomic E-state index is 13.0. The van der Waals surface area contributed by atoms with Gasteiger partial charge in [0.1, 0.15) is 17.5 Å². The number of carbonyl (C=O) groups is 4. The Morgan fingerprint density at radius 1 is 1.13 bits per heavy atom. The van der Waals surface area contributed by atoms with Gasteiger partial charge in [0.15, 0.2) is 11.6 Å². The number of ether oxygens (including phenoxy) is 1. The Balaban J connectivity index is 1.35. The van der Waals surface area contributed by atoms with Gasteiger partial charge in [-0.15, -0.1) is 23.5 Å². The fourth-order valence-corrected chi connectivity index (χ4v) is 10.5. The number of allylic oxidation sites excluding steroid dienone is 4. The van der Waals surface area contributed by atoms with E-state index in [1.54, 1.807) is 0 Å². The summed E-state index contributed by atoms with van der Waals surface area (Å²) in [4.78, 5) is 50.6. The highest BCUT2D eigenvalue weighted by molar-refractivity contribution is 9.10. The molecule has 252 valence electrons. The first-order chi connectivity index (χ1) is 22.5. The Morgan fingerprint density at radius 3 is 2.57 bits per heavy atom. The lowest BCUT2D eigenvalue weighted by atomic mass is 9.89. The van der Waals surface area contributed by atoms with E-state index in [0.717, 1.165) is 47.2 Å². The Kier molecular flexibility index (Phi) is 13.9. The second kappa shape index (κ2) is 17.6. The largest absolute Gasteiger partial charge is 0.507 e. The molecule has 47 heavy (non-hydrogen) atoms. The van der Waals surface area contributed by atoms with Crippen molar-refractivity contribution < 1.29 is 34.1 Å². The van der Waals surface area contributed by atoms with Gasteiger partial charge in [-0.25, -0.2) is 4.79 Å². The molecule has 2 aromatic rings. The molecule has 0 saturated carbocycles. The van der Waals surface area contributed by atoms with Gasteiger partial charge in [0.2, 0.25) is 5.91 Å². The van der Waals surface area contributed by atoms with Crippen molar-refractivity contribution in [3.63, 3.8) is 0 Å². The summed E-state index contributed by atoms with van der Waals surface area (Å²) in [5.74, 6) is -1.53. The molecule has 12 heteroatoms. The minimum atomic E-state index is -0.942. The first kappa shape index (κ1) is 37.2. The average molecular weight is 763 g/mol. The predicted molar refractivity (Wildman–Crippen MR) is 195 cm³/mol. The highest BCUT2D eigenvalue weighted by atomic mass is 79.9. The standard InChI is InChI=1S/C35H40BrNO7S3/c1-20(2)11-14-29(24-18-28(40)31-26(38)12-13-27(39)32(31)33(24)42)46-19-25(34(43)44-3)37-30(41)10-5-4-9-23-15-16-45-35(47-23)21-7-6-8-22(36)17-21/h6-8,11-13,17-18,23,25,29,35,40,42H,4-5,9-10,14-16,19H2,1-3H3,(H,37,41)/t23-,25+,29-,35?/m1/s1. The number of thioether (sulfide) groups is 3. The number of benzene rings is 2. The van der Waals surface area contributed by atoms with Crippen LogP contribution in [0.15, 0.2) is 58.6 Å². The number of fused-ring (bicyclic) bond motifs is 1. The van der Waals surface area contributed by atoms with Gasteiger partial charge in [0.05, 0.1) is 22.8 Å². The molecule has 0 aromatic heterocycles. The molecule has 0 bridgehead atoms. The minimum Gasteiger partial charge on any atom is -0.507 e. The van der Waals surface area contributed by atoms with Crippen molar-refractivity contribution in [2.75, 3.05) is 18.6 Å². The predicted octanol–water partition coefficient (Wildman–Crippen LogP) is 8.08. The van der Waals surface area contributed by atoms with Crippen molar-refractivity contribution in [1.29, 1.82) is 0 Å². The maximum absolute atomic E-state index is 13.0. The zero-order valence-corrected chi connectivity index (χ0v) is 30.7. The molecule has 3 N–H and O–H groups in total. The van der Waals surface area contributed by atoms with E-state index < -0.39 is 34.6 Å². The smallest absolute Gasteiger partial charge is 0.329 e. The zero-order valence-electron chi connectivity index (χ0n) is 26.6. The Labute approximate surface area is 297 Å². The van der Waals surface area contributed by atoms with Crippen molar-refractivity contribution >= 4 is 74.7 Å². The summed E-state index contributed by atoms with van der Waals surface area (Å²) in [5, 5.41) is 24.7. The molecule has 1 aliphatic heterocycles. The highest BCUT2D eigenvalue weighted by Crippen LogP contribution is 2.49. The normalized spacial score (nSPS) is 18.6. The summed E-state index contributed by atoms with van der Waals surface area (Å²) in [5.41, 5.74) is 2.12. The van der Waals surface area contributed by atoms with Gasteiger partial charge in [-0.1, -0.05) is 46.1 Å². The molecule has 8 nitrogen and oxygen atoms in total. The van der Waals surface area contributed by atoms with Crippen molar-refractivity contribution in [3.8, 4) is 11.5 Å². The van der Waals surface area contributed by atoms with Gasteiger partial charge in [-0.2, -0.15) is 11.8 Å². The van der Waals surface area contributed by atoms with Crippen LogP contribution in [0.5, 0.6) is 11.5 Å². The molecule has 2 aromatic carbocycles. The molecule has 1 unspecified atom stereocenters. The Morgan fingerprint density at radius 2 is 1.87 bits per heavy atom. The molecule has 1 saturated heterocycles. The van der Waals surface area contributed by atoms with Crippen LogP contribution in [0.2, 0.25) is 0 Å². The zero-order chi connectivity index (χ0) is 34.1. The van der Waals surface area contributed by atoms with Crippen LogP contribution in [0, 0.1) is 0 Å². The molecule has 2 aliphatic rings. The minimum absolute atomic E-state index is 0.122. The van der Waals surface area contributed by atoms with Gasteiger partial charge in [-0.3, -0.25) is 14.4 Å². The monoisotopic (exact) mass is 761 g/mol. The van der Waals surface area contributed by atoms with Gasteiger partial charge in [0.25, 0.3) is 0 Å². The number of aromatic hydroxyl groups is 2. The van der Waals surface area contributed by atoms with Gasteiger partial charge in [-0.05, 0) is 81.2 Å². The van der Waals surface area contributed by atoms with E-state index in [1.807, 2.05) is 49.5 Å². The topological polar surface area (TPSA) is 130 Å². The highest BCUT2D eigenvalue weighted by Gasteiger charge is 2.32. The van der Waals surface area contributed by atoms with Gasteiger partial charge >= 0.3 is 5.97 Å². The number of nitrogens with one attached hydrogen (secondary N) is 1. The van der Waals surface area contributed by atoms with E-state index in [2.05, 4.69) is 39.4 Å². The van der Waals surface area contributed by atoms with Crippen LogP contribution in [-0.2, 0) is 14.3 Å². The summed E-state index contributed by atoms with van der Waals surface area (Å²) >= 11 is 8.81. The molecular weight excluding hydrogens is 722 g/mol. The summed E-state index contributed by atoms with van der Waals surface area (Å²) < 4.78 is 6.47. The lowest BCUT2D eigenvalue weighted by Gasteiger charge is -2.29. The number of phenolic OH excluding ortho intramolecular Hbond substituents is 2. The Hall–Kier alpha value is -2.67. The number of phenols is 2. The molecular formula is C35H40BrNO7S3. The first-order valence-corrected chi connectivity index (χ1v) is 19.3. The van der Waals surface area contributed by atoms with E-state index in [4.69, 9.17) is 4.74 Å². The second-order valence-electron chi connectivity index (χ2n) is 11.7. The van der Waals surface area contributed by atoms with E-state index in [-0.39, 0.29) is 40.5 Å². The number of amides is 1. The number of unbranched alkanes of at least 4 members (excludes halogenated alkanes) is 1. The number of methoxy groups -OCH3 is 1. The lowest BCUT2D eigenvalue weighted by molar-refractivity contribution is -0.144. The molecule has 1 amide bonds. The molecule has 1 heterocycles. The number of carbonyl (C=O) groups excluding carboxylic acids is 4. The Bertz CT molecular complexity index is 1560. The van der Waals surface area contributed by atoms with E-state index in [1.165, 1.54) is 30.5 Å². The fraction of sp³-hybridized carbons (Fsp3) is 0.429. The third kappa shape index (κ3) is 10.2. The number of ketones is 2. The third-order valence-electron chi connectivity index (χ3n) is 7.89. The summed E-state index contributed by atoms with van der Waals surface area (Å²) in [7, 11) is 1.26. The molecule has 4 atom stereocenters. The van der Waals surface area contributed by atoms with Crippen LogP contribution in [-0.4, -0.2) is 63.6 Å². The fourth-order valence-electron chi connectivity index (χ4n) is 5.44. The molecule has 0 radical (unpaired) electrons. The summed E-state index contributed by atoms with van der Waals surface area (Å²) in [6, 6.07) is 8.80. The molecule has 4 rings (SSSR count). The van der Waals surface area contributed by atoms with Crippen LogP contribution in [0.3, 0.4) is 0 Å². The SMILES string of the molecule is COC(=O)[C@H](CS[C@H](CC=C(C)C)c1cc(O)c2c(c1O)C(=O)C=CC2=O)NC(=O)CCCC[C@@H]1CCSC(c2cccc(Br)c2)S1. The van der Waals surface area contributed by atoms with Gasteiger partial charge in [0, 0.05) is 32.7 Å². The van der Waals surface area contributed by atoms with Crippen molar-refractivity contribution in [3.05, 3.63) is 80.9 Å². The first-order valence-electron chi connectivity index (χ1n) is 15.5. The van der Waals surface area contributed by atoms with Crippen molar-refractivity contribution in [2.45, 2.75) is 73.5 Å². The van der Waals surface area contributed by atoms with Crippen LogP contribution >= 0.6 is 51.2 Å². The third-order valence-corrected chi connectivity index (χ3v) is 12.9. The van der Waals surface area contributed by atoms with E-state index in [0.29, 0.717) is 22.7 Å². The lowest BCUT2D eigenvalue weighted by Crippen LogP contribution is -2.43. The average Bonchev–Trinajstić information content (AvgIpc) is 3.05. The molecule has 1 fully saturated rings. The van der Waals surface area contributed by atoms with Crippen LogP contribution in [0.4, 0.5) is 0 Å². The molecule has 0 spiro atoms. The van der Waals surface area contributed by atoms with Gasteiger partial charge < -0.3 is 20.3 Å². The second-order valence-corrected chi connectivity index (χ2v) is 16.8. The van der Waals surface area contributed by atoms with Crippen LogP contribution in [0.25, 0.3) is 0 Å². The molecule has 1 aliphatic carbocycles.